The van der Waals surface area contributed by atoms with E-state index in [0.29, 0.717) is 0 Å². The van der Waals surface area contributed by atoms with Gasteiger partial charge in [-0.1, -0.05) is 0 Å². The van der Waals surface area contributed by atoms with Gasteiger partial charge in [0.15, 0.2) is 0 Å². The summed E-state index contributed by atoms with van der Waals surface area (Å²) in [5.74, 6) is 0. The fourth-order valence-corrected chi connectivity index (χ4v) is 3.32. The average molecular weight is 300 g/mol. The first kappa shape index (κ1) is 12.9. The zero-order chi connectivity index (χ0) is 13.0. The van der Waals surface area contributed by atoms with Gasteiger partial charge in [0.1, 0.15) is 0 Å². The van der Waals surface area contributed by atoms with Crippen molar-refractivity contribution in [1.29, 1.82) is 5.26 Å². The van der Waals surface area contributed by atoms with Crippen LogP contribution in [-0.2, 0) is 0 Å². The first-order valence-corrected chi connectivity index (χ1v) is 7.73. The van der Waals surface area contributed by atoms with Crippen molar-refractivity contribution in [2.75, 3.05) is 0 Å². The van der Waals surface area contributed by atoms with Gasteiger partial charge in [-0.2, -0.15) is 0 Å². The quantitative estimate of drug-likeness (QED) is 0.795. The number of nitrogens with zero attached hydrogens (tertiary/aromatic N) is 1. The second kappa shape index (κ2) is 5.87. The molecule has 0 aliphatic heterocycles. The van der Waals surface area contributed by atoms with Crippen molar-refractivity contribution >= 4 is 15.0 Å². The first-order chi connectivity index (χ1) is 8.70. The molecule has 0 saturated carbocycles. The summed E-state index contributed by atoms with van der Waals surface area (Å²) in [7, 11) is 0. The van der Waals surface area contributed by atoms with Crippen LogP contribution in [0.25, 0.3) is 0 Å². The minimum absolute atomic E-state index is 0.0650. The third-order valence-corrected chi connectivity index (χ3v) is 4.79. The maximum atomic E-state index is 9.05. The van der Waals surface area contributed by atoms with Gasteiger partial charge < -0.3 is 0 Å². The van der Waals surface area contributed by atoms with Gasteiger partial charge in [-0.25, -0.2) is 0 Å². The Morgan fingerprint density at radius 1 is 0.833 bits per heavy atom. The van der Waals surface area contributed by atoms with Gasteiger partial charge in [-0.05, 0) is 0 Å². The van der Waals surface area contributed by atoms with Crippen LogP contribution < -0.4 is 0 Å². The average Bonchev–Trinajstić information content (AvgIpc) is 2.39. The van der Waals surface area contributed by atoms with Crippen LogP contribution in [0.1, 0.15) is 27.1 Å². The predicted octanol–water partition coefficient (Wildman–Crippen LogP) is 3.58. The summed E-state index contributed by atoms with van der Waals surface area (Å²) >= 11 is -0.0650. The van der Waals surface area contributed by atoms with Crippen LogP contribution >= 0.6 is 0 Å². The van der Waals surface area contributed by atoms with E-state index >= 15 is 0 Å². The second-order valence-corrected chi connectivity index (χ2v) is 6.28. The Hall–Kier alpha value is -1.55. The Kier molecular flexibility index (Phi) is 4.20. The van der Waals surface area contributed by atoms with E-state index in [1.54, 1.807) is 0 Å². The van der Waals surface area contributed by atoms with Crippen LogP contribution in [-0.4, -0.2) is 15.0 Å². The van der Waals surface area contributed by atoms with Gasteiger partial charge in [-0.3, -0.25) is 0 Å². The van der Waals surface area contributed by atoms with E-state index in [1.807, 2.05) is 0 Å². The van der Waals surface area contributed by atoms with Gasteiger partial charge in [0.05, 0.1) is 0 Å². The maximum absolute atomic E-state index is 9.05. The van der Waals surface area contributed by atoms with Crippen LogP contribution in [0.4, 0.5) is 0 Å². The van der Waals surface area contributed by atoms with Crippen LogP contribution in [0.2, 0.25) is 0 Å². The summed E-state index contributed by atoms with van der Waals surface area (Å²) in [5, 5.41) is 9.05. The van der Waals surface area contributed by atoms with E-state index in [1.165, 1.54) is 22.3 Å². The van der Waals surface area contributed by atoms with E-state index in [0.717, 1.165) is 0 Å². The fraction of sp³-hybridized carbons (Fsp3) is 0.188. The molecule has 0 aliphatic carbocycles. The van der Waals surface area contributed by atoms with Gasteiger partial charge in [0.25, 0.3) is 0 Å². The molecule has 2 rings (SSSR count). The predicted molar refractivity (Wildman–Crippen MR) is 75.6 cm³/mol. The molecular weight excluding hydrogens is 285 g/mol. The van der Waals surface area contributed by atoms with Gasteiger partial charge in [-0.15, -0.1) is 0 Å². The summed E-state index contributed by atoms with van der Waals surface area (Å²) in [5.41, 5.74) is 4.99. The zero-order valence-corrected chi connectivity index (χ0v) is 12.3. The molecule has 0 heterocycles. The Labute approximate surface area is 115 Å². The standard InChI is InChI=1S/C16H15NSe/c1-12-3-7-14(8-4-12)16(18-11-17)15-9-5-13(2)6-10-15/h3-10,16H,1-2H3. The molecule has 0 saturated heterocycles. The van der Waals surface area contributed by atoms with Crippen molar-refractivity contribution in [3.8, 4) is 4.97 Å². The monoisotopic (exact) mass is 301 g/mol. The summed E-state index contributed by atoms with van der Waals surface area (Å²) in [6.07, 6.45) is 0. The molecule has 0 spiro atoms. The van der Waals surface area contributed by atoms with Crippen molar-refractivity contribution < 1.29 is 0 Å². The SMILES string of the molecule is Cc1ccc(C([Se]C#N)c2ccc(C)cc2)cc1. The normalized spacial score (nSPS) is 10.3. The van der Waals surface area contributed by atoms with Crippen molar-refractivity contribution in [1.82, 2.24) is 0 Å². The van der Waals surface area contributed by atoms with Gasteiger partial charge in [0.2, 0.25) is 0 Å². The van der Waals surface area contributed by atoms with Crippen LogP contribution in [0, 0.1) is 24.1 Å². The Morgan fingerprint density at radius 2 is 1.22 bits per heavy atom. The molecule has 0 bridgehead atoms. The van der Waals surface area contributed by atoms with E-state index in [2.05, 4.69) is 67.3 Å². The number of hydrogen-bond donors (Lipinski definition) is 0. The van der Waals surface area contributed by atoms with Crippen LogP contribution in [0.3, 0.4) is 0 Å². The Bertz CT molecular complexity index is 504. The number of benzene rings is 2. The number of hydrogen-bond acceptors (Lipinski definition) is 1. The molecule has 1 nitrogen and oxygen atoms in total. The third kappa shape index (κ3) is 3.01. The summed E-state index contributed by atoms with van der Waals surface area (Å²) in [4.78, 5) is 2.60. The molecule has 0 radical (unpaired) electrons. The molecular formula is C16H15NSe. The second-order valence-electron chi connectivity index (χ2n) is 4.41. The third-order valence-electron chi connectivity index (χ3n) is 2.93. The molecule has 90 valence electrons. The van der Waals surface area contributed by atoms with Crippen molar-refractivity contribution in [2.45, 2.75) is 18.7 Å². The summed E-state index contributed by atoms with van der Waals surface area (Å²) < 4.78 is 0. The van der Waals surface area contributed by atoms with Crippen molar-refractivity contribution in [2.24, 2.45) is 0 Å². The van der Waals surface area contributed by atoms with Crippen molar-refractivity contribution in [3.05, 3.63) is 70.8 Å². The number of rotatable bonds is 3. The number of nitriles is 1. The molecule has 0 unspecified atom stereocenters. The molecule has 0 amide bonds. The molecule has 0 atom stereocenters. The molecule has 2 aromatic rings. The van der Waals surface area contributed by atoms with Crippen LogP contribution in [0.5, 0.6) is 0 Å². The number of aryl methyl sites for hydroxylation is 2. The molecule has 0 N–H and O–H groups in total. The Morgan fingerprint density at radius 3 is 1.56 bits per heavy atom. The zero-order valence-electron chi connectivity index (χ0n) is 10.6. The van der Waals surface area contributed by atoms with E-state index < -0.39 is 0 Å². The Balaban J connectivity index is 2.36. The summed E-state index contributed by atoms with van der Waals surface area (Å²) in [6, 6.07) is 17.0. The van der Waals surface area contributed by atoms with E-state index in [-0.39, 0.29) is 19.8 Å². The fourth-order valence-electron chi connectivity index (χ4n) is 1.86. The molecule has 0 aliphatic rings. The summed E-state index contributed by atoms with van der Waals surface area (Å²) in [6.45, 7) is 4.17. The topological polar surface area (TPSA) is 23.8 Å². The minimum atomic E-state index is -0.0650. The molecule has 2 aromatic carbocycles. The molecule has 0 aromatic heterocycles. The van der Waals surface area contributed by atoms with Gasteiger partial charge >= 0.3 is 115 Å². The molecule has 0 fully saturated rings. The van der Waals surface area contributed by atoms with E-state index in [9.17, 15) is 0 Å². The molecule has 2 heteroatoms. The van der Waals surface area contributed by atoms with Gasteiger partial charge in [0, 0.05) is 0 Å². The van der Waals surface area contributed by atoms with Crippen molar-refractivity contribution in [3.63, 3.8) is 0 Å². The first-order valence-electron chi connectivity index (χ1n) is 5.88. The van der Waals surface area contributed by atoms with Crippen LogP contribution in [0.15, 0.2) is 48.5 Å². The molecule has 18 heavy (non-hydrogen) atoms. The van der Waals surface area contributed by atoms with E-state index in [4.69, 9.17) is 5.26 Å².